The lowest BCUT2D eigenvalue weighted by Crippen LogP contribution is -2.48. The van der Waals surface area contributed by atoms with Gasteiger partial charge in [-0.15, -0.1) is 0 Å². The number of carbonyl (C=O) groups is 2. The van der Waals surface area contributed by atoms with Crippen LogP contribution in [0, 0.1) is 0 Å². The molecule has 0 aliphatic carbocycles. The highest BCUT2D eigenvalue weighted by Crippen LogP contribution is 2.17. The van der Waals surface area contributed by atoms with E-state index in [1.165, 1.54) is 6.26 Å². The van der Waals surface area contributed by atoms with Gasteiger partial charge in [-0.3, -0.25) is 14.6 Å². The van der Waals surface area contributed by atoms with Crippen LogP contribution in [0.15, 0.2) is 65.5 Å². The van der Waals surface area contributed by atoms with Gasteiger partial charge in [0, 0.05) is 32.4 Å². The second-order valence-electron chi connectivity index (χ2n) is 6.66. The molecule has 0 radical (unpaired) electrons. The molecule has 8 heteroatoms. The smallest absolute Gasteiger partial charge is 0.289 e. The predicted molar refractivity (Wildman–Crippen MR) is 106 cm³/mol. The number of amides is 2. The Balaban J connectivity index is 1.30. The summed E-state index contributed by atoms with van der Waals surface area (Å²) >= 11 is 0. The van der Waals surface area contributed by atoms with Gasteiger partial charge in [-0.1, -0.05) is 6.07 Å². The Morgan fingerprint density at radius 3 is 2.52 bits per heavy atom. The van der Waals surface area contributed by atoms with E-state index in [9.17, 15) is 9.59 Å². The molecule has 1 fully saturated rings. The number of nitrogens with one attached hydrogen (secondary N) is 1. The molecule has 0 bridgehead atoms. The van der Waals surface area contributed by atoms with E-state index >= 15 is 0 Å². The molecule has 0 atom stereocenters. The summed E-state index contributed by atoms with van der Waals surface area (Å²) < 4.78 is 5.19. The van der Waals surface area contributed by atoms with Crippen molar-refractivity contribution < 1.29 is 14.0 Å². The largest absolute Gasteiger partial charge is 0.459 e. The van der Waals surface area contributed by atoms with Crippen molar-refractivity contribution in [3.63, 3.8) is 0 Å². The average molecular weight is 391 g/mol. The fraction of sp³-hybridized carbons (Fsp3) is 0.238. The first-order valence-electron chi connectivity index (χ1n) is 9.42. The number of furan rings is 1. The minimum Gasteiger partial charge on any atom is -0.459 e. The van der Waals surface area contributed by atoms with Crippen molar-refractivity contribution in [1.82, 2.24) is 20.2 Å². The van der Waals surface area contributed by atoms with Gasteiger partial charge in [-0.25, -0.2) is 4.98 Å². The molecule has 8 nitrogen and oxygen atoms in total. The molecule has 0 spiro atoms. The Labute approximate surface area is 168 Å². The number of piperazine rings is 1. The van der Waals surface area contributed by atoms with Gasteiger partial charge in [0.2, 0.25) is 0 Å². The molecule has 1 aliphatic rings. The number of hydrogen-bond acceptors (Lipinski definition) is 6. The van der Waals surface area contributed by atoms with Gasteiger partial charge in [0.25, 0.3) is 11.8 Å². The van der Waals surface area contributed by atoms with Gasteiger partial charge in [0.15, 0.2) is 5.76 Å². The van der Waals surface area contributed by atoms with Gasteiger partial charge in [0.1, 0.15) is 5.69 Å². The molecular formula is C21H21N5O3. The molecule has 4 rings (SSSR count). The first-order valence-corrected chi connectivity index (χ1v) is 9.42. The molecule has 3 aromatic heterocycles. The summed E-state index contributed by atoms with van der Waals surface area (Å²) in [5, 5.41) is 2.82. The number of aromatic nitrogens is 2. The van der Waals surface area contributed by atoms with Gasteiger partial charge in [-0.2, -0.15) is 0 Å². The third-order valence-electron chi connectivity index (χ3n) is 4.80. The number of hydrogen-bond donors (Lipinski definition) is 1. The molecule has 0 unspecified atom stereocenters. The highest BCUT2D eigenvalue weighted by Gasteiger charge is 2.24. The van der Waals surface area contributed by atoms with Crippen molar-refractivity contribution in [2.75, 3.05) is 31.1 Å². The summed E-state index contributed by atoms with van der Waals surface area (Å²) in [6, 6.07) is 12.5. The van der Waals surface area contributed by atoms with E-state index in [-0.39, 0.29) is 11.8 Å². The van der Waals surface area contributed by atoms with Gasteiger partial charge >= 0.3 is 0 Å². The van der Waals surface area contributed by atoms with Crippen molar-refractivity contribution >= 4 is 17.5 Å². The van der Waals surface area contributed by atoms with Crippen LogP contribution in [-0.4, -0.2) is 52.9 Å². The van der Waals surface area contributed by atoms with E-state index in [4.69, 9.17) is 4.42 Å². The Morgan fingerprint density at radius 1 is 1.00 bits per heavy atom. The van der Waals surface area contributed by atoms with Gasteiger partial charge in [0.05, 0.1) is 30.4 Å². The van der Waals surface area contributed by atoms with Crippen LogP contribution < -0.4 is 10.2 Å². The standard InChI is InChI=1S/C21H21N5O3/c27-20(24-14-16-4-1-2-8-22-16)18-7-6-17(15-23-18)25-9-11-26(12-10-25)21(28)19-5-3-13-29-19/h1-8,13,15H,9-12,14H2,(H,24,27). The first kappa shape index (κ1) is 18.7. The van der Waals surface area contributed by atoms with E-state index in [0.717, 1.165) is 11.4 Å². The topological polar surface area (TPSA) is 91.6 Å². The van der Waals surface area contributed by atoms with Crippen LogP contribution in [0.3, 0.4) is 0 Å². The number of anilines is 1. The highest BCUT2D eigenvalue weighted by molar-refractivity contribution is 5.92. The Bertz CT molecular complexity index is 950. The number of rotatable bonds is 5. The van der Waals surface area contributed by atoms with Crippen LogP contribution in [0.4, 0.5) is 5.69 Å². The molecule has 1 aliphatic heterocycles. The van der Waals surface area contributed by atoms with Crippen molar-refractivity contribution in [2.24, 2.45) is 0 Å². The Morgan fingerprint density at radius 2 is 1.86 bits per heavy atom. The summed E-state index contributed by atoms with van der Waals surface area (Å²) in [7, 11) is 0. The zero-order valence-corrected chi connectivity index (χ0v) is 15.8. The van der Waals surface area contributed by atoms with Crippen LogP contribution in [0.2, 0.25) is 0 Å². The molecule has 29 heavy (non-hydrogen) atoms. The molecule has 4 heterocycles. The maximum Gasteiger partial charge on any atom is 0.289 e. The van der Waals surface area contributed by atoms with Gasteiger partial charge in [-0.05, 0) is 36.4 Å². The lowest BCUT2D eigenvalue weighted by molar-refractivity contribution is 0.0714. The molecule has 1 saturated heterocycles. The molecule has 148 valence electrons. The summed E-state index contributed by atoms with van der Waals surface area (Å²) in [6.45, 7) is 2.95. The van der Waals surface area contributed by atoms with Crippen molar-refractivity contribution in [2.45, 2.75) is 6.54 Å². The monoisotopic (exact) mass is 391 g/mol. The second-order valence-corrected chi connectivity index (χ2v) is 6.66. The normalized spacial score (nSPS) is 13.9. The SMILES string of the molecule is O=C(NCc1ccccn1)c1ccc(N2CCN(C(=O)c3ccco3)CC2)cn1. The zero-order valence-electron chi connectivity index (χ0n) is 15.8. The third kappa shape index (κ3) is 4.43. The third-order valence-corrected chi connectivity index (χ3v) is 4.80. The molecule has 3 aromatic rings. The van der Waals surface area contributed by atoms with Gasteiger partial charge < -0.3 is 19.5 Å². The highest BCUT2D eigenvalue weighted by atomic mass is 16.3. The summed E-state index contributed by atoms with van der Waals surface area (Å²) in [4.78, 5) is 37.0. The first-order chi connectivity index (χ1) is 14.2. The van der Waals surface area contributed by atoms with E-state index in [1.807, 2.05) is 24.3 Å². The maximum absolute atomic E-state index is 12.3. The van der Waals surface area contributed by atoms with Crippen molar-refractivity contribution in [1.29, 1.82) is 0 Å². The molecule has 1 N–H and O–H groups in total. The Kier molecular flexibility index (Phi) is 5.51. The quantitative estimate of drug-likeness (QED) is 0.715. The van der Waals surface area contributed by atoms with Crippen molar-refractivity contribution in [3.8, 4) is 0 Å². The summed E-state index contributed by atoms with van der Waals surface area (Å²) in [5.74, 6) is 0.0324. The summed E-state index contributed by atoms with van der Waals surface area (Å²) in [5.41, 5.74) is 2.08. The minimum atomic E-state index is -0.240. The lowest BCUT2D eigenvalue weighted by atomic mass is 10.2. The lowest BCUT2D eigenvalue weighted by Gasteiger charge is -2.35. The Hall–Kier alpha value is -3.68. The zero-order chi connectivity index (χ0) is 20.1. The van der Waals surface area contributed by atoms with Crippen molar-refractivity contribution in [3.05, 3.63) is 78.3 Å². The fourth-order valence-electron chi connectivity index (χ4n) is 3.20. The maximum atomic E-state index is 12.3. The number of nitrogens with zero attached hydrogens (tertiary/aromatic N) is 4. The fourth-order valence-corrected chi connectivity index (χ4v) is 3.20. The van der Waals surface area contributed by atoms with E-state index < -0.39 is 0 Å². The average Bonchev–Trinajstić information content (AvgIpc) is 3.33. The van der Waals surface area contributed by atoms with Crippen LogP contribution in [0.25, 0.3) is 0 Å². The second kappa shape index (κ2) is 8.55. The van der Waals surface area contributed by atoms with E-state index in [1.54, 1.807) is 35.5 Å². The van der Waals surface area contributed by atoms with Crippen LogP contribution in [-0.2, 0) is 6.54 Å². The summed E-state index contributed by atoms with van der Waals surface area (Å²) in [6.07, 6.45) is 4.89. The molecule has 0 aromatic carbocycles. The minimum absolute atomic E-state index is 0.0901. The van der Waals surface area contributed by atoms with Crippen LogP contribution in [0.1, 0.15) is 26.7 Å². The van der Waals surface area contributed by atoms with E-state index in [2.05, 4.69) is 20.2 Å². The molecule has 0 saturated carbocycles. The van der Waals surface area contributed by atoms with E-state index in [0.29, 0.717) is 44.2 Å². The molecular weight excluding hydrogens is 370 g/mol. The van der Waals surface area contributed by atoms with Crippen LogP contribution >= 0.6 is 0 Å². The molecule has 2 amide bonds. The predicted octanol–water partition coefficient (Wildman–Crippen LogP) is 1.96. The van der Waals surface area contributed by atoms with Crippen LogP contribution in [0.5, 0.6) is 0 Å². The number of pyridine rings is 2. The number of carbonyl (C=O) groups excluding carboxylic acids is 2.